The molecule has 0 spiro atoms. The summed E-state index contributed by atoms with van der Waals surface area (Å²) < 4.78 is 5.62. The van der Waals surface area contributed by atoms with E-state index in [0.717, 1.165) is 5.56 Å². The highest BCUT2D eigenvalue weighted by atomic mass is 16.5. The number of benzene rings is 1. The SMILES string of the molecule is C[C@H](/C=C/CO)[C@@H](O)[C@@H](C)COCc1ccccc1. The number of hydrogen-bond donors (Lipinski definition) is 2. The maximum atomic E-state index is 10.1. The Balaban J connectivity index is 2.30. The average molecular weight is 264 g/mol. The summed E-state index contributed by atoms with van der Waals surface area (Å²) in [5.41, 5.74) is 1.14. The van der Waals surface area contributed by atoms with Crippen LogP contribution < -0.4 is 0 Å². The molecule has 2 N–H and O–H groups in total. The fourth-order valence-electron chi connectivity index (χ4n) is 1.94. The Morgan fingerprint density at radius 3 is 2.53 bits per heavy atom. The maximum absolute atomic E-state index is 10.1. The van der Waals surface area contributed by atoms with Crippen LogP contribution in [0.2, 0.25) is 0 Å². The third kappa shape index (κ3) is 6.01. The number of aliphatic hydroxyl groups excluding tert-OH is 2. The van der Waals surface area contributed by atoms with E-state index in [0.29, 0.717) is 13.2 Å². The van der Waals surface area contributed by atoms with Gasteiger partial charge < -0.3 is 14.9 Å². The van der Waals surface area contributed by atoms with Crippen LogP contribution in [0, 0.1) is 11.8 Å². The van der Waals surface area contributed by atoms with Crippen molar-refractivity contribution in [1.29, 1.82) is 0 Å². The minimum atomic E-state index is -0.460. The van der Waals surface area contributed by atoms with Gasteiger partial charge in [-0.3, -0.25) is 0 Å². The highest BCUT2D eigenvalue weighted by molar-refractivity contribution is 5.13. The van der Waals surface area contributed by atoms with E-state index in [1.807, 2.05) is 50.3 Å². The minimum absolute atomic E-state index is 0.00987. The van der Waals surface area contributed by atoms with Gasteiger partial charge in [-0.05, 0) is 5.56 Å². The summed E-state index contributed by atoms with van der Waals surface area (Å²) >= 11 is 0. The molecule has 3 heteroatoms. The normalized spacial score (nSPS) is 16.4. The van der Waals surface area contributed by atoms with Crippen LogP contribution in [0.3, 0.4) is 0 Å². The fourth-order valence-corrected chi connectivity index (χ4v) is 1.94. The molecule has 0 unspecified atom stereocenters. The quantitative estimate of drug-likeness (QED) is 0.709. The van der Waals surface area contributed by atoms with Gasteiger partial charge in [0.05, 0.1) is 25.9 Å². The Hall–Kier alpha value is -1.16. The molecule has 0 bridgehead atoms. The maximum Gasteiger partial charge on any atom is 0.0717 e. The highest BCUT2D eigenvalue weighted by Crippen LogP contribution is 2.15. The van der Waals surface area contributed by atoms with Crippen molar-refractivity contribution < 1.29 is 14.9 Å². The number of ether oxygens (including phenoxy) is 1. The highest BCUT2D eigenvalue weighted by Gasteiger charge is 2.19. The molecule has 1 aromatic carbocycles. The molecule has 0 heterocycles. The molecule has 106 valence electrons. The van der Waals surface area contributed by atoms with Crippen molar-refractivity contribution in [3.8, 4) is 0 Å². The van der Waals surface area contributed by atoms with E-state index >= 15 is 0 Å². The van der Waals surface area contributed by atoms with Crippen LogP contribution in [0.5, 0.6) is 0 Å². The predicted octanol–water partition coefficient (Wildman–Crippen LogP) is 2.38. The monoisotopic (exact) mass is 264 g/mol. The van der Waals surface area contributed by atoms with Gasteiger partial charge in [-0.1, -0.05) is 56.3 Å². The second-order valence-corrected chi connectivity index (χ2v) is 4.94. The third-order valence-electron chi connectivity index (χ3n) is 3.16. The van der Waals surface area contributed by atoms with E-state index < -0.39 is 6.10 Å². The zero-order chi connectivity index (χ0) is 14.1. The van der Waals surface area contributed by atoms with E-state index in [-0.39, 0.29) is 18.4 Å². The number of hydrogen-bond acceptors (Lipinski definition) is 3. The van der Waals surface area contributed by atoms with E-state index in [1.54, 1.807) is 6.08 Å². The molecule has 0 radical (unpaired) electrons. The number of aliphatic hydroxyl groups is 2. The van der Waals surface area contributed by atoms with Crippen LogP contribution in [0.25, 0.3) is 0 Å². The van der Waals surface area contributed by atoms with Gasteiger partial charge in [0.2, 0.25) is 0 Å². The summed E-state index contributed by atoms with van der Waals surface area (Å²) in [5, 5.41) is 18.8. The van der Waals surface area contributed by atoms with E-state index in [1.165, 1.54) is 0 Å². The molecule has 19 heavy (non-hydrogen) atoms. The summed E-state index contributed by atoms with van der Waals surface area (Å²) in [6, 6.07) is 9.99. The molecule has 0 saturated carbocycles. The zero-order valence-corrected chi connectivity index (χ0v) is 11.7. The molecule has 0 aliphatic carbocycles. The summed E-state index contributed by atoms with van der Waals surface area (Å²) in [7, 11) is 0. The molecule has 0 aromatic heterocycles. The summed E-state index contributed by atoms with van der Waals surface area (Å²) in [5.74, 6) is 0.0736. The van der Waals surface area contributed by atoms with Crippen LogP contribution in [0.15, 0.2) is 42.5 Å². The van der Waals surface area contributed by atoms with Gasteiger partial charge in [0.15, 0.2) is 0 Å². The third-order valence-corrected chi connectivity index (χ3v) is 3.16. The lowest BCUT2D eigenvalue weighted by Gasteiger charge is -2.22. The average Bonchev–Trinajstić information content (AvgIpc) is 2.44. The summed E-state index contributed by atoms with van der Waals surface area (Å²) in [4.78, 5) is 0. The lowest BCUT2D eigenvalue weighted by molar-refractivity contribution is 0.0133. The first-order chi connectivity index (χ1) is 9.15. The Morgan fingerprint density at radius 1 is 1.21 bits per heavy atom. The molecular formula is C16H24O3. The van der Waals surface area contributed by atoms with Crippen molar-refractivity contribution in [1.82, 2.24) is 0 Å². The van der Waals surface area contributed by atoms with Gasteiger partial charge >= 0.3 is 0 Å². The molecule has 0 aliphatic heterocycles. The van der Waals surface area contributed by atoms with Crippen LogP contribution >= 0.6 is 0 Å². The molecule has 1 aromatic rings. The van der Waals surface area contributed by atoms with Crippen LogP contribution in [0.4, 0.5) is 0 Å². The van der Waals surface area contributed by atoms with E-state index in [9.17, 15) is 5.11 Å². The Kier molecular flexibility index (Phi) is 7.41. The van der Waals surface area contributed by atoms with Crippen LogP contribution in [-0.4, -0.2) is 29.5 Å². The van der Waals surface area contributed by atoms with E-state index in [4.69, 9.17) is 9.84 Å². The molecule has 1 rings (SSSR count). The van der Waals surface area contributed by atoms with Gasteiger partial charge in [-0.2, -0.15) is 0 Å². The Labute approximate surface area is 115 Å². The molecule has 3 atom stereocenters. The van der Waals surface area contributed by atoms with Gasteiger partial charge in [0, 0.05) is 11.8 Å². The first-order valence-electron chi connectivity index (χ1n) is 6.72. The van der Waals surface area contributed by atoms with Crippen molar-refractivity contribution in [3.63, 3.8) is 0 Å². The van der Waals surface area contributed by atoms with E-state index in [2.05, 4.69) is 0 Å². The van der Waals surface area contributed by atoms with Gasteiger partial charge in [-0.25, -0.2) is 0 Å². The topological polar surface area (TPSA) is 49.7 Å². The summed E-state index contributed by atoms with van der Waals surface area (Å²) in [6.07, 6.45) is 3.03. The Morgan fingerprint density at radius 2 is 1.89 bits per heavy atom. The lowest BCUT2D eigenvalue weighted by atomic mass is 9.94. The molecule has 0 amide bonds. The molecular weight excluding hydrogens is 240 g/mol. The van der Waals surface area contributed by atoms with Crippen LogP contribution in [0.1, 0.15) is 19.4 Å². The second-order valence-electron chi connectivity index (χ2n) is 4.94. The smallest absolute Gasteiger partial charge is 0.0717 e. The Bertz CT molecular complexity index is 362. The molecule has 0 aliphatic rings. The second kappa shape index (κ2) is 8.86. The zero-order valence-electron chi connectivity index (χ0n) is 11.7. The molecule has 3 nitrogen and oxygen atoms in total. The standard InChI is InChI=1S/C16H24O3/c1-13(7-6-10-17)16(18)14(2)11-19-12-15-8-4-3-5-9-15/h3-9,13-14,16-18H,10-12H2,1-2H3/b7-6+/t13-,14+,16-/m1/s1. The summed E-state index contributed by atoms with van der Waals surface area (Å²) in [6.45, 7) is 5.01. The van der Waals surface area contributed by atoms with Crippen molar-refractivity contribution >= 4 is 0 Å². The van der Waals surface area contributed by atoms with Gasteiger partial charge in [0.25, 0.3) is 0 Å². The largest absolute Gasteiger partial charge is 0.392 e. The molecule has 0 fully saturated rings. The van der Waals surface area contributed by atoms with Crippen molar-refractivity contribution in [2.75, 3.05) is 13.2 Å². The fraction of sp³-hybridized carbons (Fsp3) is 0.500. The minimum Gasteiger partial charge on any atom is -0.392 e. The first kappa shape index (κ1) is 15.9. The van der Waals surface area contributed by atoms with Crippen molar-refractivity contribution in [2.24, 2.45) is 11.8 Å². The molecule has 0 saturated heterocycles. The van der Waals surface area contributed by atoms with Gasteiger partial charge in [0.1, 0.15) is 0 Å². The van der Waals surface area contributed by atoms with Crippen molar-refractivity contribution in [3.05, 3.63) is 48.0 Å². The van der Waals surface area contributed by atoms with Gasteiger partial charge in [-0.15, -0.1) is 0 Å². The van der Waals surface area contributed by atoms with Crippen LogP contribution in [-0.2, 0) is 11.3 Å². The number of rotatable bonds is 8. The first-order valence-corrected chi connectivity index (χ1v) is 6.72. The lowest BCUT2D eigenvalue weighted by Crippen LogP contribution is -2.27. The van der Waals surface area contributed by atoms with Crippen molar-refractivity contribution in [2.45, 2.75) is 26.6 Å². The predicted molar refractivity (Wildman–Crippen MR) is 76.7 cm³/mol.